The van der Waals surface area contributed by atoms with E-state index in [1.807, 2.05) is 48.5 Å². The highest BCUT2D eigenvalue weighted by molar-refractivity contribution is 5.42. The van der Waals surface area contributed by atoms with Crippen LogP contribution in [0, 0.1) is 0 Å². The molecule has 0 amide bonds. The van der Waals surface area contributed by atoms with E-state index in [1.54, 1.807) is 7.11 Å². The lowest BCUT2D eigenvalue weighted by Gasteiger charge is -2.12. The number of hydrogen-bond acceptors (Lipinski definition) is 4. The van der Waals surface area contributed by atoms with Crippen molar-refractivity contribution in [3.05, 3.63) is 59.7 Å². The van der Waals surface area contributed by atoms with E-state index in [9.17, 15) is 0 Å². The molecule has 4 heteroatoms. The third kappa shape index (κ3) is 3.98. The van der Waals surface area contributed by atoms with Gasteiger partial charge in [0.25, 0.3) is 0 Å². The molecule has 2 aromatic carbocycles. The van der Waals surface area contributed by atoms with Crippen LogP contribution in [0.4, 0.5) is 0 Å². The lowest BCUT2D eigenvalue weighted by Crippen LogP contribution is -2.05. The van der Waals surface area contributed by atoms with E-state index in [1.165, 1.54) is 0 Å². The van der Waals surface area contributed by atoms with E-state index in [0.717, 1.165) is 11.1 Å². The molecule has 2 rings (SSSR count). The molecule has 0 aromatic heterocycles. The summed E-state index contributed by atoms with van der Waals surface area (Å²) >= 11 is 0. The number of rotatable bonds is 7. The zero-order chi connectivity index (χ0) is 14.2. The summed E-state index contributed by atoms with van der Waals surface area (Å²) in [4.78, 5) is 0. The predicted molar refractivity (Wildman–Crippen MR) is 77.6 cm³/mol. The molecule has 0 aliphatic heterocycles. The normalized spacial score (nSPS) is 10.3. The third-order valence-electron chi connectivity index (χ3n) is 2.87. The molecule has 0 atom stereocenters. The van der Waals surface area contributed by atoms with Crippen molar-refractivity contribution < 1.29 is 14.2 Å². The fourth-order valence-corrected chi connectivity index (χ4v) is 1.80. The molecular formula is C16H19NO3. The van der Waals surface area contributed by atoms with Gasteiger partial charge in [-0.1, -0.05) is 36.4 Å². The minimum absolute atomic E-state index is 0.166. The van der Waals surface area contributed by atoms with Gasteiger partial charge in [0.1, 0.15) is 0 Å². The van der Waals surface area contributed by atoms with Crippen LogP contribution in [0.15, 0.2) is 48.5 Å². The SMILES string of the molecule is COc1ccc(CN)cc1OCOCc1ccccc1. The largest absolute Gasteiger partial charge is 0.493 e. The Morgan fingerprint density at radius 1 is 0.950 bits per heavy atom. The van der Waals surface area contributed by atoms with Gasteiger partial charge >= 0.3 is 0 Å². The zero-order valence-corrected chi connectivity index (χ0v) is 11.5. The van der Waals surface area contributed by atoms with Gasteiger partial charge in [-0.25, -0.2) is 0 Å². The van der Waals surface area contributed by atoms with Crippen molar-refractivity contribution in [2.24, 2.45) is 5.73 Å². The molecule has 0 aliphatic rings. The topological polar surface area (TPSA) is 53.7 Å². The summed E-state index contributed by atoms with van der Waals surface area (Å²) in [6, 6.07) is 15.6. The molecule has 0 radical (unpaired) electrons. The molecule has 20 heavy (non-hydrogen) atoms. The highest BCUT2D eigenvalue weighted by Crippen LogP contribution is 2.27. The second kappa shape index (κ2) is 7.53. The first-order chi connectivity index (χ1) is 9.83. The number of ether oxygens (including phenoxy) is 3. The molecular weight excluding hydrogens is 254 g/mol. The predicted octanol–water partition coefficient (Wildman–Crippen LogP) is 2.71. The molecule has 0 aliphatic carbocycles. The Bertz CT molecular complexity index is 529. The van der Waals surface area contributed by atoms with Gasteiger partial charge in [0.15, 0.2) is 18.3 Å². The first-order valence-electron chi connectivity index (χ1n) is 6.45. The van der Waals surface area contributed by atoms with Gasteiger partial charge in [0.2, 0.25) is 0 Å². The highest BCUT2D eigenvalue weighted by Gasteiger charge is 2.05. The Morgan fingerprint density at radius 2 is 1.75 bits per heavy atom. The summed E-state index contributed by atoms with van der Waals surface area (Å²) in [5.74, 6) is 1.31. The summed E-state index contributed by atoms with van der Waals surface area (Å²) < 4.78 is 16.3. The van der Waals surface area contributed by atoms with E-state index in [2.05, 4.69) is 0 Å². The van der Waals surface area contributed by atoms with Crippen LogP contribution >= 0.6 is 0 Å². The van der Waals surface area contributed by atoms with Crippen molar-refractivity contribution in [2.75, 3.05) is 13.9 Å². The Hall–Kier alpha value is -2.04. The van der Waals surface area contributed by atoms with Crippen LogP contribution in [-0.2, 0) is 17.9 Å². The smallest absolute Gasteiger partial charge is 0.189 e. The molecule has 0 unspecified atom stereocenters. The first-order valence-corrected chi connectivity index (χ1v) is 6.45. The maximum absolute atomic E-state index is 5.61. The van der Waals surface area contributed by atoms with E-state index < -0.39 is 0 Å². The van der Waals surface area contributed by atoms with E-state index >= 15 is 0 Å². The summed E-state index contributed by atoms with van der Waals surface area (Å²) in [5, 5.41) is 0. The lowest BCUT2D eigenvalue weighted by atomic mass is 10.2. The number of methoxy groups -OCH3 is 1. The van der Waals surface area contributed by atoms with Crippen LogP contribution in [0.25, 0.3) is 0 Å². The van der Waals surface area contributed by atoms with Crippen LogP contribution < -0.4 is 15.2 Å². The second-order valence-corrected chi connectivity index (χ2v) is 4.29. The molecule has 0 saturated heterocycles. The maximum atomic E-state index is 5.61. The average molecular weight is 273 g/mol. The molecule has 2 N–H and O–H groups in total. The zero-order valence-electron chi connectivity index (χ0n) is 11.5. The summed E-state index contributed by atoms with van der Waals surface area (Å²) in [5.41, 5.74) is 7.71. The molecule has 4 nitrogen and oxygen atoms in total. The van der Waals surface area contributed by atoms with Crippen molar-refractivity contribution >= 4 is 0 Å². The average Bonchev–Trinajstić information content (AvgIpc) is 2.52. The van der Waals surface area contributed by atoms with Crippen LogP contribution in [0.1, 0.15) is 11.1 Å². The molecule has 2 aromatic rings. The monoisotopic (exact) mass is 273 g/mol. The van der Waals surface area contributed by atoms with Crippen LogP contribution in [-0.4, -0.2) is 13.9 Å². The van der Waals surface area contributed by atoms with Crippen molar-refractivity contribution in [3.63, 3.8) is 0 Å². The Labute approximate surface area is 119 Å². The Morgan fingerprint density at radius 3 is 2.45 bits per heavy atom. The van der Waals surface area contributed by atoms with Gasteiger partial charge in [-0.05, 0) is 23.3 Å². The quantitative estimate of drug-likeness (QED) is 0.622. The fourth-order valence-electron chi connectivity index (χ4n) is 1.80. The van der Waals surface area contributed by atoms with E-state index in [-0.39, 0.29) is 6.79 Å². The van der Waals surface area contributed by atoms with Crippen molar-refractivity contribution in [1.29, 1.82) is 0 Å². The van der Waals surface area contributed by atoms with Gasteiger partial charge in [-0.2, -0.15) is 0 Å². The number of nitrogens with two attached hydrogens (primary N) is 1. The Balaban J connectivity index is 1.87. The van der Waals surface area contributed by atoms with Crippen LogP contribution in [0.2, 0.25) is 0 Å². The van der Waals surface area contributed by atoms with Crippen LogP contribution in [0.3, 0.4) is 0 Å². The first kappa shape index (κ1) is 14.4. The molecule has 0 heterocycles. The summed E-state index contributed by atoms with van der Waals surface area (Å²) in [6.45, 7) is 1.14. The third-order valence-corrected chi connectivity index (χ3v) is 2.87. The minimum Gasteiger partial charge on any atom is -0.493 e. The van der Waals surface area contributed by atoms with Gasteiger partial charge in [-0.3, -0.25) is 0 Å². The number of benzene rings is 2. The minimum atomic E-state index is 0.166. The molecule has 0 bridgehead atoms. The highest BCUT2D eigenvalue weighted by atomic mass is 16.7. The van der Waals surface area contributed by atoms with Gasteiger partial charge in [0, 0.05) is 6.54 Å². The summed E-state index contributed by atoms with van der Waals surface area (Å²) in [7, 11) is 1.61. The van der Waals surface area contributed by atoms with E-state index in [4.69, 9.17) is 19.9 Å². The lowest BCUT2D eigenvalue weighted by molar-refractivity contribution is 0.00372. The second-order valence-electron chi connectivity index (χ2n) is 4.29. The Kier molecular flexibility index (Phi) is 5.41. The van der Waals surface area contributed by atoms with Crippen molar-refractivity contribution in [3.8, 4) is 11.5 Å². The molecule has 0 saturated carbocycles. The fraction of sp³-hybridized carbons (Fsp3) is 0.250. The van der Waals surface area contributed by atoms with Gasteiger partial charge in [-0.15, -0.1) is 0 Å². The molecule has 106 valence electrons. The maximum Gasteiger partial charge on any atom is 0.189 e. The van der Waals surface area contributed by atoms with Gasteiger partial charge < -0.3 is 19.9 Å². The molecule has 0 spiro atoms. The summed E-state index contributed by atoms with van der Waals surface area (Å²) in [6.07, 6.45) is 0. The standard InChI is InChI=1S/C16H19NO3/c1-18-15-8-7-14(10-17)9-16(15)20-12-19-11-13-5-3-2-4-6-13/h2-9H,10-12,17H2,1H3. The molecule has 0 fully saturated rings. The number of hydrogen-bond donors (Lipinski definition) is 1. The van der Waals surface area contributed by atoms with Crippen LogP contribution in [0.5, 0.6) is 11.5 Å². The van der Waals surface area contributed by atoms with Crippen molar-refractivity contribution in [1.82, 2.24) is 0 Å². The van der Waals surface area contributed by atoms with E-state index in [0.29, 0.717) is 24.7 Å². The van der Waals surface area contributed by atoms with Gasteiger partial charge in [0.05, 0.1) is 13.7 Å². The van der Waals surface area contributed by atoms with Crippen molar-refractivity contribution in [2.45, 2.75) is 13.2 Å².